The highest BCUT2D eigenvalue weighted by Gasteiger charge is 2.45. The average molecular weight is 364 g/mol. The summed E-state index contributed by atoms with van der Waals surface area (Å²) < 4.78 is 0. The van der Waals surface area contributed by atoms with E-state index in [1.807, 2.05) is 27.7 Å². The molecule has 0 radical (unpaired) electrons. The van der Waals surface area contributed by atoms with Gasteiger partial charge < -0.3 is 15.5 Å². The second kappa shape index (κ2) is 6.54. The summed E-state index contributed by atoms with van der Waals surface area (Å²) in [5.74, 6) is 0.227. The number of fused-ring (bicyclic) bond motifs is 1. The minimum Gasteiger partial charge on any atom is -0.352 e. The maximum atomic E-state index is 12.4. The van der Waals surface area contributed by atoms with Crippen LogP contribution in [-0.2, 0) is 4.79 Å². The Hall–Kier alpha value is -1.71. The van der Waals surface area contributed by atoms with Crippen LogP contribution in [0.25, 0.3) is 11.2 Å². The standard InChI is InChI=1S/C16H24N6O2S/c1-15(2)5-10(6-16(3,4)22(15)24)21-11(23)7-25-14-12-13(18-8-17-12)19-9-20-14/h8-10,24H,5-7H2,1-4H3,(H,21,23)(H,17,18,19,20). The average Bonchev–Trinajstić information content (AvgIpc) is 2.99. The second-order valence-corrected chi connectivity index (χ2v) is 8.64. The van der Waals surface area contributed by atoms with Crippen LogP contribution in [0.2, 0.25) is 0 Å². The predicted octanol–water partition coefficient (Wildman–Crippen LogP) is 1.97. The number of amides is 1. The molecule has 0 spiro atoms. The topological polar surface area (TPSA) is 107 Å². The molecule has 3 heterocycles. The molecule has 9 heteroatoms. The lowest BCUT2D eigenvalue weighted by Gasteiger charge is -2.51. The molecule has 25 heavy (non-hydrogen) atoms. The van der Waals surface area contributed by atoms with Gasteiger partial charge in [0.1, 0.15) is 16.9 Å². The molecule has 8 nitrogen and oxygen atoms in total. The zero-order valence-electron chi connectivity index (χ0n) is 14.9. The highest BCUT2D eigenvalue weighted by Crippen LogP contribution is 2.36. The fourth-order valence-electron chi connectivity index (χ4n) is 3.63. The minimum absolute atomic E-state index is 0.0269. The number of nitrogens with zero attached hydrogens (tertiary/aromatic N) is 4. The van der Waals surface area contributed by atoms with Gasteiger partial charge >= 0.3 is 0 Å². The van der Waals surface area contributed by atoms with E-state index in [1.54, 1.807) is 6.33 Å². The molecule has 0 aliphatic carbocycles. The molecular weight excluding hydrogens is 340 g/mol. The summed E-state index contributed by atoms with van der Waals surface area (Å²) in [5, 5.41) is 15.6. The first-order chi connectivity index (χ1) is 11.7. The van der Waals surface area contributed by atoms with E-state index >= 15 is 0 Å². The van der Waals surface area contributed by atoms with Gasteiger partial charge in [0.25, 0.3) is 0 Å². The normalized spacial score (nSPS) is 20.7. The zero-order chi connectivity index (χ0) is 18.2. The first-order valence-corrected chi connectivity index (χ1v) is 9.23. The Kier molecular flexibility index (Phi) is 4.74. The quantitative estimate of drug-likeness (QED) is 0.562. The van der Waals surface area contributed by atoms with Gasteiger partial charge in [-0.05, 0) is 40.5 Å². The largest absolute Gasteiger partial charge is 0.352 e. The molecule has 3 rings (SSSR count). The molecule has 0 atom stereocenters. The highest BCUT2D eigenvalue weighted by molar-refractivity contribution is 8.00. The van der Waals surface area contributed by atoms with Crippen LogP contribution in [-0.4, -0.2) is 59.0 Å². The molecule has 136 valence electrons. The van der Waals surface area contributed by atoms with Crippen LogP contribution in [0.1, 0.15) is 40.5 Å². The van der Waals surface area contributed by atoms with E-state index in [0.29, 0.717) is 23.5 Å². The van der Waals surface area contributed by atoms with E-state index in [1.165, 1.54) is 23.2 Å². The Balaban J connectivity index is 1.60. The molecule has 0 bridgehead atoms. The van der Waals surface area contributed by atoms with Crippen LogP contribution in [0.4, 0.5) is 0 Å². The van der Waals surface area contributed by atoms with Crippen LogP contribution in [0.3, 0.4) is 0 Å². The molecule has 0 unspecified atom stereocenters. The molecule has 1 amide bonds. The van der Waals surface area contributed by atoms with E-state index in [2.05, 4.69) is 25.3 Å². The summed E-state index contributed by atoms with van der Waals surface area (Å²) in [6.45, 7) is 7.94. The van der Waals surface area contributed by atoms with Crippen LogP contribution in [0, 0.1) is 0 Å². The minimum atomic E-state index is -0.387. The number of aromatic nitrogens is 4. The third-order valence-electron chi connectivity index (χ3n) is 4.53. The highest BCUT2D eigenvalue weighted by atomic mass is 32.2. The van der Waals surface area contributed by atoms with E-state index in [9.17, 15) is 10.0 Å². The van der Waals surface area contributed by atoms with Crippen molar-refractivity contribution in [3.8, 4) is 0 Å². The number of aromatic amines is 1. The van der Waals surface area contributed by atoms with Gasteiger partial charge in [0.15, 0.2) is 5.65 Å². The van der Waals surface area contributed by atoms with Crippen LogP contribution < -0.4 is 5.32 Å². The molecule has 0 aromatic carbocycles. The van der Waals surface area contributed by atoms with Gasteiger partial charge in [0, 0.05) is 17.1 Å². The number of rotatable bonds is 4. The summed E-state index contributed by atoms with van der Waals surface area (Å²) in [6.07, 6.45) is 4.41. The van der Waals surface area contributed by atoms with Gasteiger partial charge in [-0.3, -0.25) is 4.79 Å². The van der Waals surface area contributed by atoms with Crippen molar-refractivity contribution in [2.75, 3.05) is 5.75 Å². The predicted molar refractivity (Wildman–Crippen MR) is 95.4 cm³/mol. The third-order valence-corrected chi connectivity index (χ3v) is 5.52. The van der Waals surface area contributed by atoms with E-state index < -0.39 is 0 Å². The SMILES string of the molecule is CC1(C)CC(NC(=O)CSc2ncnc3nc[nH]c23)CC(C)(C)N1O. The number of carbonyl (C=O) groups is 1. The maximum absolute atomic E-state index is 12.4. The van der Waals surface area contributed by atoms with Crippen molar-refractivity contribution in [3.63, 3.8) is 0 Å². The van der Waals surface area contributed by atoms with E-state index in [0.717, 1.165) is 5.52 Å². The van der Waals surface area contributed by atoms with Gasteiger partial charge in [0.2, 0.25) is 5.91 Å². The van der Waals surface area contributed by atoms with Crippen molar-refractivity contribution in [2.45, 2.75) is 62.7 Å². The first kappa shape index (κ1) is 18.1. The molecule has 1 aliphatic rings. The Bertz CT molecular complexity index is 757. The summed E-state index contributed by atoms with van der Waals surface area (Å²) in [6, 6.07) is 0.0269. The smallest absolute Gasteiger partial charge is 0.230 e. The number of thioether (sulfide) groups is 1. The molecule has 2 aromatic heterocycles. The number of hydrogen-bond donors (Lipinski definition) is 3. The van der Waals surface area contributed by atoms with Crippen molar-refractivity contribution in [2.24, 2.45) is 0 Å². The van der Waals surface area contributed by atoms with Crippen LogP contribution in [0.5, 0.6) is 0 Å². The number of H-pyrrole nitrogens is 1. The Morgan fingerprint density at radius 2 is 2.00 bits per heavy atom. The summed E-state index contributed by atoms with van der Waals surface area (Å²) in [4.78, 5) is 27.8. The van der Waals surface area contributed by atoms with Gasteiger partial charge in [-0.15, -0.1) is 0 Å². The van der Waals surface area contributed by atoms with E-state index in [-0.39, 0.29) is 28.8 Å². The number of piperidine rings is 1. The zero-order valence-corrected chi connectivity index (χ0v) is 15.7. The molecule has 1 aliphatic heterocycles. The lowest BCUT2D eigenvalue weighted by atomic mass is 9.79. The molecule has 1 fully saturated rings. The number of hydroxylamine groups is 2. The number of nitrogens with one attached hydrogen (secondary N) is 2. The second-order valence-electron chi connectivity index (χ2n) is 7.68. The Labute approximate surface area is 150 Å². The summed E-state index contributed by atoms with van der Waals surface area (Å²) in [7, 11) is 0. The van der Waals surface area contributed by atoms with Crippen molar-refractivity contribution in [3.05, 3.63) is 12.7 Å². The maximum Gasteiger partial charge on any atom is 0.230 e. The number of hydrogen-bond acceptors (Lipinski definition) is 7. The lowest BCUT2D eigenvalue weighted by Crippen LogP contribution is -2.63. The van der Waals surface area contributed by atoms with Crippen LogP contribution in [0.15, 0.2) is 17.7 Å². The summed E-state index contributed by atoms with van der Waals surface area (Å²) >= 11 is 1.36. The van der Waals surface area contributed by atoms with Gasteiger partial charge in [-0.25, -0.2) is 15.0 Å². The molecular formula is C16H24N6O2S. The monoisotopic (exact) mass is 364 g/mol. The van der Waals surface area contributed by atoms with Crippen molar-refractivity contribution >= 4 is 28.8 Å². The fraction of sp³-hybridized carbons (Fsp3) is 0.625. The molecule has 0 saturated carbocycles. The van der Waals surface area contributed by atoms with Crippen molar-refractivity contribution < 1.29 is 10.0 Å². The third kappa shape index (κ3) is 3.78. The fourth-order valence-corrected chi connectivity index (χ4v) is 4.40. The molecule has 2 aromatic rings. The lowest BCUT2D eigenvalue weighted by molar-refractivity contribution is -0.246. The Morgan fingerprint density at radius 3 is 2.68 bits per heavy atom. The number of imidazole rings is 1. The first-order valence-electron chi connectivity index (χ1n) is 8.24. The van der Waals surface area contributed by atoms with Gasteiger partial charge in [-0.1, -0.05) is 11.8 Å². The van der Waals surface area contributed by atoms with Crippen LogP contribution >= 0.6 is 11.8 Å². The summed E-state index contributed by atoms with van der Waals surface area (Å²) in [5.41, 5.74) is 0.566. The van der Waals surface area contributed by atoms with Gasteiger partial charge in [-0.2, -0.15) is 5.06 Å². The molecule has 1 saturated heterocycles. The Morgan fingerprint density at radius 1 is 1.32 bits per heavy atom. The van der Waals surface area contributed by atoms with Crippen molar-refractivity contribution in [1.82, 2.24) is 30.3 Å². The van der Waals surface area contributed by atoms with Crippen molar-refractivity contribution in [1.29, 1.82) is 0 Å². The van der Waals surface area contributed by atoms with Gasteiger partial charge in [0.05, 0.1) is 12.1 Å². The number of carbonyl (C=O) groups excluding carboxylic acids is 1. The van der Waals surface area contributed by atoms with E-state index in [4.69, 9.17) is 0 Å². The molecule has 3 N–H and O–H groups in total.